The first kappa shape index (κ1) is 17.3. The average molecular weight is 393 g/mol. The van der Waals surface area contributed by atoms with Crippen LogP contribution in [0.2, 0.25) is 0 Å². The van der Waals surface area contributed by atoms with E-state index in [2.05, 4.69) is 10.3 Å². The molecule has 4 aromatic rings. The first-order valence-corrected chi connectivity index (χ1v) is 9.06. The van der Waals surface area contributed by atoms with Crippen molar-refractivity contribution >= 4 is 39.1 Å². The van der Waals surface area contributed by atoms with E-state index in [0.717, 1.165) is 17.0 Å². The van der Waals surface area contributed by atoms with Gasteiger partial charge in [0.15, 0.2) is 11.6 Å². The minimum absolute atomic E-state index is 0.0191. The van der Waals surface area contributed by atoms with Crippen molar-refractivity contribution in [2.24, 2.45) is 0 Å². The molecule has 146 valence electrons. The second kappa shape index (κ2) is 6.10. The number of halogens is 1. The molecule has 2 aromatic heterocycles. The number of carboxylic acid groups (broad SMARTS) is 1. The Labute approximate surface area is 163 Å². The molecule has 29 heavy (non-hydrogen) atoms. The molecule has 0 radical (unpaired) electrons. The number of hydrogen-bond acceptors (Lipinski definition) is 4. The molecule has 5 rings (SSSR count). The first-order valence-electron chi connectivity index (χ1n) is 9.06. The van der Waals surface area contributed by atoms with Crippen LogP contribution in [-0.4, -0.2) is 27.2 Å². The van der Waals surface area contributed by atoms with E-state index in [1.54, 1.807) is 10.8 Å². The molecule has 0 saturated heterocycles. The normalized spacial score (nSPS) is 15.4. The van der Waals surface area contributed by atoms with Crippen molar-refractivity contribution in [3.05, 3.63) is 64.3 Å². The Morgan fingerprint density at radius 2 is 2.17 bits per heavy atom. The molecular weight excluding hydrogens is 377 g/mol. The maximum absolute atomic E-state index is 15.1. The van der Waals surface area contributed by atoms with Crippen LogP contribution in [-0.2, 0) is 0 Å². The summed E-state index contributed by atoms with van der Waals surface area (Å²) in [5, 5.41) is 13.3. The third kappa shape index (κ3) is 2.49. The number of hydrogen-bond donors (Lipinski definition) is 3. The number of carbonyl (C=O) groups is 1. The van der Waals surface area contributed by atoms with Gasteiger partial charge in [-0.1, -0.05) is 6.07 Å². The van der Waals surface area contributed by atoms with E-state index in [4.69, 9.17) is 4.74 Å². The molecule has 0 fully saturated rings. The molecule has 0 unspecified atom stereocenters. The maximum Gasteiger partial charge on any atom is 0.341 e. The van der Waals surface area contributed by atoms with Gasteiger partial charge in [-0.15, -0.1) is 0 Å². The Kier molecular flexibility index (Phi) is 3.64. The molecule has 1 aliphatic heterocycles. The van der Waals surface area contributed by atoms with Crippen molar-refractivity contribution in [1.29, 1.82) is 0 Å². The number of aromatic carboxylic acids is 1. The lowest BCUT2D eigenvalue weighted by Gasteiger charge is -2.28. The van der Waals surface area contributed by atoms with Gasteiger partial charge < -0.3 is 24.7 Å². The Hall–Kier alpha value is -3.81. The summed E-state index contributed by atoms with van der Waals surface area (Å²) in [7, 11) is 0. The quantitative estimate of drug-likeness (QED) is 0.489. The van der Waals surface area contributed by atoms with Crippen molar-refractivity contribution in [3.8, 4) is 5.75 Å². The number of aromatic nitrogens is 2. The Morgan fingerprint density at radius 1 is 1.34 bits per heavy atom. The van der Waals surface area contributed by atoms with Crippen molar-refractivity contribution < 1.29 is 19.0 Å². The summed E-state index contributed by atoms with van der Waals surface area (Å²) in [5.41, 5.74) is 0.924. The molecule has 3 N–H and O–H groups in total. The van der Waals surface area contributed by atoms with E-state index >= 15 is 4.39 Å². The third-order valence-corrected chi connectivity index (χ3v) is 5.25. The monoisotopic (exact) mass is 393 g/mol. The van der Waals surface area contributed by atoms with Crippen LogP contribution in [0.5, 0.6) is 5.75 Å². The van der Waals surface area contributed by atoms with Crippen molar-refractivity contribution in [3.63, 3.8) is 0 Å². The van der Waals surface area contributed by atoms with Crippen LogP contribution < -0.4 is 15.5 Å². The predicted molar refractivity (Wildman–Crippen MR) is 107 cm³/mol. The number of ether oxygens (including phenoxy) is 1. The zero-order chi connectivity index (χ0) is 20.3. The smallest absolute Gasteiger partial charge is 0.341 e. The van der Waals surface area contributed by atoms with Crippen LogP contribution in [0.15, 0.2) is 47.5 Å². The second-order valence-electron chi connectivity index (χ2n) is 7.07. The van der Waals surface area contributed by atoms with Crippen LogP contribution in [0.4, 0.5) is 15.8 Å². The number of aromatic amines is 1. The minimum Gasteiger partial charge on any atom is -0.487 e. The van der Waals surface area contributed by atoms with E-state index in [1.165, 1.54) is 6.20 Å². The Morgan fingerprint density at radius 3 is 2.97 bits per heavy atom. The number of nitrogens with zero attached hydrogens (tertiary/aromatic N) is 1. The van der Waals surface area contributed by atoms with Crippen LogP contribution >= 0.6 is 0 Å². The zero-order valence-electron chi connectivity index (χ0n) is 15.3. The molecule has 2 aromatic carbocycles. The fourth-order valence-electron chi connectivity index (χ4n) is 3.82. The lowest BCUT2D eigenvalue weighted by Crippen LogP contribution is -2.27. The highest BCUT2D eigenvalue weighted by atomic mass is 19.1. The van der Waals surface area contributed by atoms with Gasteiger partial charge in [0.2, 0.25) is 5.43 Å². The van der Waals surface area contributed by atoms with Crippen LogP contribution in [0, 0.1) is 5.82 Å². The zero-order valence-corrected chi connectivity index (χ0v) is 15.3. The molecule has 7 nitrogen and oxygen atoms in total. The van der Waals surface area contributed by atoms with Crippen LogP contribution in [0.3, 0.4) is 0 Å². The summed E-state index contributed by atoms with van der Waals surface area (Å²) in [6, 6.07) is 8.30. The lowest BCUT2D eigenvalue weighted by atomic mass is 10.1. The van der Waals surface area contributed by atoms with Gasteiger partial charge >= 0.3 is 5.97 Å². The largest absolute Gasteiger partial charge is 0.487 e. The first-order chi connectivity index (χ1) is 14.0. The summed E-state index contributed by atoms with van der Waals surface area (Å²) in [6.45, 7) is 2.06. The maximum atomic E-state index is 15.1. The highest BCUT2D eigenvalue weighted by molar-refractivity contribution is 5.99. The number of H-pyrrole nitrogens is 1. The Bertz CT molecular complexity index is 1370. The fourth-order valence-corrected chi connectivity index (χ4v) is 3.82. The van der Waals surface area contributed by atoms with E-state index in [1.807, 2.05) is 31.2 Å². The van der Waals surface area contributed by atoms with Gasteiger partial charge in [0.25, 0.3) is 0 Å². The van der Waals surface area contributed by atoms with Crippen LogP contribution in [0.1, 0.15) is 23.3 Å². The molecule has 0 amide bonds. The van der Waals surface area contributed by atoms with Gasteiger partial charge in [-0.05, 0) is 31.2 Å². The van der Waals surface area contributed by atoms with Gasteiger partial charge in [-0.3, -0.25) is 4.79 Å². The number of carboxylic acids is 1. The van der Waals surface area contributed by atoms with Gasteiger partial charge in [0.05, 0.1) is 16.9 Å². The van der Waals surface area contributed by atoms with E-state index in [9.17, 15) is 14.7 Å². The van der Waals surface area contributed by atoms with Crippen molar-refractivity contribution in [2.45, 2.75) is 13.0 Å². The highest BCUT2D eigenvalue weighted by Gasteiger charge is 2.28. The summed E-state index contributed by atoms with van der Waals surface area (Å²) in [5.74, 6) is -1.84. The standard InChI is InChI=1S/C21H16FN3O4/c1-10-9-29-20-17(24-16-4-2-3-15-11(16)5-6-23-15)14(22)7-12-18(20)25(10)8-13(19(12)26)21(27)28/h2-8,10,23-24H,9H2,1H3,(H,27,28)/t10-/m0/s1. The summed E-state index contributed by atoms with van der Waals surface area (Å²) in [6.07, 6.45) is 3.10. The highest BCUT2D eigenvalue weighted by Crippen LogP contribution is 2.41. The molecule has 0 spiro atoms. The van der Waals surface area contributed by atoms with E-state index in [0.29, 0.717) is 11.2 Å². The van der Waals surface area contributed by atoms with Gasteiger partial charge in [-0.25, -0.2) is 9.18 Å². The lowest BCUT2D eigenvalue weighted by molar-refractivity contribution is 0.0694. The predicted octanol–water partition coefficient (Wildman–Crippen LogP) is 4.02. The minimum atomic E-state index is -1.34. The number of pyridine rings is 1. The van der Waals surface area contributed by atoms with Crippen molar-refractivity contribution in [1.82, 2.24) is 9.55 Å². The van der Waals surface area contributed by atoms with Gasteiger partial charge in [0.1, 0.15) is 17.9 Å². The van der Waals surface area contributed by atoms with Crippen molar-refractivity contribution in [2.75, 3.05) is 11.9 Å². The topological polar surface area (TPSA) is 96.3 Å². The number of fused-ring (bicyclic) bond motifs is 1. The summed E-state index contributed by atoms with van der Waals surface area (Å²) >= 11 is 0. The molecule has 0 saturated carbocycles. The van der Waals surface area contributed by atoms with E-state index in [-0.39, 0.29) is 29.5 Å². The average Bonchev–Trinajstić information content (AvgIpc) is 3.17. The second-order valence-corrected chi connectivity index (χ2v) is 7.07. The SMILES string of the molecule is C[C@H]1COc2c(Nc3cccc4[nH]ccc34)c(F)cc3c(=O)c(C(=O)O)cn1c23. The van der Waals surface area contributed by atoms with Crippen LogP contribution in [0.25, 0.3) is 21.8 Å². The molecule has 1 atom stereocenters. The molecule has 0 aliphatic carbocycles. The number of benzene rings is 2. The summed E-state index contributed by atoms with van der Waals surface area (Å²) < 4.78 is 22.6. The Balaban J connectivity index is 1.79. The van der Waals surface area contributed by atoms with Gasteiger partial charge in [-0.2, -0.15) is 0 Å². The summed E-state index contributed by atoms with van der Waals surface area (Å²) in [4.78, 5) is 27.2. The third-order valence-electron chi connectivity index (χ3n) is 5.25. The molecular formula is C21H16FN3O4. The number of nitrogens with one attached hydrogen (secondary N) is 2. The molecule has 1 aliphatic rings. The molecule has 3 heterocycles. The molecule has 0 bridgehead atoms. The van der Waals surface area contributed by atoms with Gasteiger partial charge in [0, 0.05) is 29.0 Å². The van der Waals surface area contributed by atoms with E-state index < -0.39 is 22.8 Å². The fraction of sp³-hybridized carbons (Fsp3) is 0.143. The number of anilines is 2. The molecule has 8 heteroatoms. The number of rotatable bonds is 3.